The smallest absolute Gasteiger partial charge is 0.316 e. The molecule has 0 atom stereocenters. The number of nitrogens with two attached hydrogens (primary N) is 1. The summed E-state index contributed by atoms with van der Waals surface area (Å²) in [5, 5.41) is 5.01. The van der Waals surface area contributed by atoms with Crippen molar-refractivity contribution >= 4 is 23.3 Å². The van der Waals surface area contributed by atoms with Gasteiger partial charge < -0.3 is 16.4 Å². The zero-order valence-corrected chi connectivity index (χ0v) is 9.70. The van der Waals surface area contributed by atoms with Crippen LogP contribution < -0.4 is 16.4 Å². The molecule has 1 aromatic carbocycles. The Balaban J connectivity index is 0.00000106. The van der Waals surface area contributed by atoms with Gasteiger partial charge in [-0.25, -0.2) is 4.79 Å². The van der Waals surface area contributed by atoms with Gasteiger partial charge in [-0.05, 0) is 24.3 Å². The van der Waals surface area contributed by atoms with E-state index in [1.165, 1.54) is 6.92 Å². The van der Waals surface area contributed by atoms with Crippen molar-refractivity contribution in [3.63, 3.8) is 0 Å². The third kappa shape index (κ3) is 5.64. The van der Waals surface area contributed by atoms with Crippen molar-refractivity contribution in [2.75, 3.05) is 10.6 Å². The van der Waals surface area contributed by atoms with Crippen LogP contribution in [0.1, 0.15) is 20.8 Å². The van der Waals surface area contributed by atoms with E-state index in [9.17, 15) is 9.59 Å². The van der Waals surface area contributed by atoms with Crippen LogP contribution in [0.5, 0.6) is 0 Å². The SMILES string of the molecule is CC.CC(=O)Nc1ccc(NC(N)=O)cc1. The maximum atomic E-state index is 10.7. The highest BCUT2D eigenvalue weighted by atomic mass is 16.2. The van der Waals surface area contributed by atoms with Gasteiger partial charge in [-0.15, -0.1) is 0 Å². The highest BCUT2D eigenvalue weighted by Gasteiger charge is 1.97. The Morgan fingerprint density at radius 3 is 1.69 bits per heavy atom. The molecule has 0 saturated carbocycles. The number of anilines is 2. The standard InChI is InChI=1S/C9H11N3O2.C2H6/c1-6(13)11-7-2-4-8(5-3-7)12-9(10)14;1-2/h2-5H,1H3,(H,11,13)(H3,10,12,14);1-2H3. The highest BCUT2D eigenvalue weighted by Crippen LogP contribution is 2.12. The number of nitrogens with one attached hydrogen (secondary N) is 2. The second kappa shape index (κ2) is 7.28. The molecule has 0 radical (unpaired) electrons. The average Bonchev–Trinajstić information content (AvgIpc) is 2.22. The van der Waals surface area contributed by atoms with Crippen LogP contribution in [0.2, 0.25) is 0 Å². The molecule has 0 aliphatic heterocycles. The summed E-state index contributed by atoms with van der Waals surface area (Å²) in [5.74, 6) is -0.138. The van der Waals surface area contributed by atoms with E-state index < -0.39 is 6.03 Å². The van der Waals surface area contributed by atoms with E-state index in [2.05, 4.69) is 10.6 Å². The lowest BCUT2D eigenvalue weighted by molar-refractivity contribution is -0.114. The fraction of sp³-hybridized carbons (Fsp3) is 0.273. The van der Waals surface area contributed by atoms with Crippen molar-refractivity contribution in [3.05, 3.63) is 24.3 Å². The number of benzene rings is 1. The number of carbonyl (C=O) groups excluding carboxylic acids is 2. The Hall–Kier alpha value is -2.04. The third-order valence-electron chi connectivity index (χ3n) is 1.47. The van der Waals surface area contributed by atoms with E-state index in [0.717, 1.165) is 0 Å². The van der Waals surface area contributed by atoms with Crippen LogP contribution in [-0.2, 0) is 4.79 Å². The Morgan fingerprint density at radius 1 is 1.00 bits per heavy atom. The molecule has 0 aliphatic carbocycles. The predicted molar refractivity (Wildman–Crippen MR) is 65.3 cm³/mol. The minimum absolute atomic E-state index is 0.138. The van der Waals surface area contributed by atoms with E-state index in [0.29, 0.717) is 11.4 Å². The number of carbonyl (C=O) groups is 2. The first kappa shape index (κ1) is 14.0. The van der Waals surface area contributed by atoms with Crippen LogP contribution in [0.25, 0.3) is 0 Å². The van der Waals surface area contributed by atoms with Gasteiger partial charge in [0.1, 0.15) is 0 Å². The molecule has 3 amide bonds. The first-order valence-electron chi connectivity index (χ1n) is 5.02. The molecular weight excluding hydrogens is 206 g/mol. The lowest BCUT2D eigenvalue weighted by atomic mass is 10.3. The quantitative estimate of drug-likeness (QED) is 0.717. The number of hydrogen-bond acceptors (Lipinski definition) is 2. The summed E-state index contributed by atoms with van der Waals surface area (Å²) in [6, 6.07) is 6.03. The molecule has 1 aromatic rings. The molecule has 5 nitrogen and oxygen atoms in total. The summed E-state index contributed by atoms with van der Waals surface area (Å²) >= 11 is 0. The number of hydrogen-bond donors (Lipinski definition) is 3. The molecule has 0 saturated heterocycles. The maximum Gasteiger partial charge on any atom is 0.316 e. The summed E-state index contributed by atoms with van der Waals surface area (Å²) < 4.78 is 0. The summed E-state index contributed by atoms with van der Waals surface area (Å²) in [7, 11) is 0. The van der Waals surface area contributed by atoms with E-state index >= 15 is 0 Å². The van der Waals surface area contributed by atoms with Gasteiger partial charge in [0.15, 0.2) is 0 Å². The lowest BCUT2D eigenvalue weighted by Crippen LogP contribution is -2.19. The minimum atomic E-state index is -0.614. The van der Waals surface area contributed by atoms with E-state index in [-0.39, 0.29) is 5.91 Å². The average molecular weight is 223 g/mol. The van der Waals surface area contributed by atoms with E-state index in [1.807, 2.05) is 13.8 Å². The zero-order chi connectivity index (χ0) is 12.6. The number of urea groups is 1. The van der Waals surface area contributed by atoms with Gasteiger partial charge in [0.05, 0.1) is 0 Å². The second-order valence-electron chi connectivity index (χ2n) is 2.75. The molecule has 4 N–H and O–H groups in total. The van der Waals surface area contributed by atoms with Crippen molar-refractivity contribution in [1.82, 2.24) is 0 Å². The van der Waals surface area contributed by atoms with Crippen LogP contribution in [0.3, 0.4) is 0 Å². The van der Waals surface area contributed by atoms with E-state index in [1.54, 1.807) is 24.3 Å². The summed E-state index contributed by atoms with van der Waals surface area (Å²) in [4.78, 5) is 21.1. The van der Waals surface area contributed by atoms with E-state index in [4.69, 9.17) is 5.73 Å². The van der Waals surface area contributed by atoms with Crippen LogP contribution in [0.4, 0.5) is 16.2 Å². The number of rotatable bonds is 2. The van der Waals surface area contributed by atoms with Crippen molar-refractivity contribution in [3.8, 4) is 0 Å². The Kier molecular flexibility index (Phi) is 6.35. The fourth-order valence-corrected chi connectivity index (χ4v) is 0.982. The minimum Gasteiger partial charge on any atom is -0.351 e. The van der Waals surface area contributed by atoms with Gasteiger partial charge >= 0.3 is 6.03 Å². The first-order valence-corrected chi connectivity index (χ1v) is 5.02. The molecule has 0 fully saturated rings. The second-order valence-corrected chi connectivity index (χ2v) is 2.75. The number of primary amides is 1. The predicted octanol–water partition coefficient (Wildman–Crippen LogP) is 2.16. The molecule has 0 bridgehead atoms. The van der Waals surface area contributed by atoms with Crippen LogP contribution in [0, 0.1) is 0 Å². The topological polar surface area (TPSA) is 84.2 Å². The largest absolute Gasteiger partial charge is 0.351 e. The third-order valence-corrected chi connectivity index (χ3v) is 1.47. The molecule has 16 heavy (non-hydrogen) atoms. The lowest BCUT2D eigenvalue weighted by Gasteiger charge is -2.04. The summed E-state index contributed by atoms with van der Waals surface area (Å²) in [6.45, 7) is 5.43. The molecule has 0 spiro atoms. The molecule has 5 heteroatoms. The van der Waals surface area contributed by atoms with Crippen molar-refractivity contribution in [2.24, 2.45) is 5.73 Å². The Labute approximate surface area is 95.0 Å². The van der Waals surface area contributed by atoms with Gasteiger partial charge in [0, 0.05) is 18.3 Å². The summed E-state index contributed by atoms with van der Waals surface area (Å²) in [5.41, 5.74) is 6.19. The maximum absolute atomic E-state index is 10.7. The van der Waals surface area contributed by atoms with Gasteiger partial charge in [-0.2, -0.15) is 0 Å². The highest BCUT2D eigenvalue weighted by molar-refractivity contribution is 5.90. The van der Waals surface area contributed by atoms with Gasteiger partial charge in [-0.1, -0.05) is 13.8 Å². The van der Waals surface area contributed by atoms with Crippen molar-refractivity contribution in [1.29, 1.82) is 0 Å². The monoisotopic (exact) mass is 223 g/mol. The molecule has 88 valence electrons. The Morgan fingerprint density at radius 2 is 1.38 bits per heavy atom. The van der Waals surface area contributed by atoms with Crippen molar-refractivity contribution in [2.45, 2.75) is 20.8 Å². The summed E-state index contributed by atoms with van der Waals surface area (Å²) in [6.07, 6.45) is 0. The number of amides is 3. The molecule has 1 rings (SSSR count). The van der Waals surface area contributed by atoms with Gasteiger partial charge in [0.25, 0.3) is 0 Å². The Bertz CT molecular complexity index is 312. The molecule has 0 aromatic heterocycles. The van der Waals surface area contributed by atoms with Crippen molar-refractivity contribution < 1.29 is 9.59 Å². The van der Waals surface area contributed by atoms with Crippen LogP contribution >= 0.6 is 0 Å². The normalized spacial score (nSPS) is 8.44. The fourth-order valence-electron chi connectivity index (χ4n) is 0.982. The molecule has 0 unspecified atom stereocenters. The van der Waals surface area contributed by atoms with Crippen LogP contribution in [0.15, 0.2) is 24.3 Å². The molecular formula is C11H17N3O2. The van der Waals surface area contributed by atoms with Gasteiger partial charge in [-0.3, -0.25) is 4.79 Å². The first-order chi connectivity index (χ1) is 7.58. The zero-order valence-electron chi connectivity index (χ0n) is 9.70. The van der Waals surface area contributed by atoms with Gasteiger partial charge in [0.2, 0.25) is 5.91 Å². The molecule has 0 heterocycles. The molecule has 0 aliphatic rings. The van der Waals surface area contributed by atoms with Crippen LogP contribution in [-0.4, -0.2) is 11.9 Å².